The van der Waals surface area contributed by atoms with Crippen molar-refractivity contribution in [1.29, 1.82) is 0 Å². The van der Waals surface area contributed by atoms with Crippen LogP contribution < -0.4 is 15.8 Å². The number of piperidine rings is 1. The summed E-state index contributed by atoms with van der Waals surface area (Å²) in [6, 6.07) is 5.97. The molecule has 1 heterocycles. The molecule has 0 aromatic heterocycles. The maximum Gasteiger partial charge on any atom is 0.217 e. The molecule has 1 aliphatic heterocycles. The Labute approximate surface area is 148 Å². The van der Waals surface area contributed by atoms with Gasteiger partial charge < -0.3 is 20.7 Å². The van der Waals surface area contributed by atoms with E-state index < -0.39 is 0 Å². The molecular formula is C18H27FN4O2. The van der Waals surface area contributed by atoms with E-state index in [1.165, 1.54) is 12.1 Å². The molecule has 2 unspecified atom stereocenters. The van der Waals surface area contributed by atoms with Crippen molar-refractivity contribution in [2.24, 2.45) is 16.6 Å². The lowest BCUT2D eigenvalue weighted by atomic mass is 9.95. The Morgan fingerprint density at radius 1 is 1.48 bits per heavy atom. The maximum atomic E-state index is 12.9. The van der Waals surface area contributed by atoms with Gasteiger partial charge in [-0.1, -0.05) is 0 Å². The van der Waals surface area contributed by atoms with Crippen LogP contribution in [0.2, 0.25) is 0 Å². The van der Waals surface area contributed by atoms with Crippen molar-refractivity contribution >= 4 is 11.9 Å². The predicted molar refractivity (Wildman–Crippen MR) is 96.0 cm³/mol. The molecule has 3 N–H and O–H groups in total. The van der Waals surface area contributed by atoms with Gasteiger partial charge in [0, 0.05) is 26.6 Å². The summed E-state index contributed by atoms with van der Waals surface area (Å²) in [6.07, 6.45) is 2.34. The summed E-state index contributed by atoms with van der Waals surface area (Å²) in [4.78, 5) is 17.6. The number of aliphatic imine (C=N–C) groups is 1. The second kappa shape index (κ2) is 9.25. The summed E-state index contributed by atoms with van der Waals surface area (Å²) >= 11 is 0. The van der Waals surface area contributed by atoms with Gasteiger partial charge in [0.1, 0.15) is 17.7 Å². The summed E-state index contributed by atoms with van der Waals surface area (Å²) in [6.45, 7) is 4.19. The standard InChI is InChI=1S/C18H27FN4O2/c1-13(25-16-7-5-15(19)6-8-16)11-22-18(21-2)23-9-3-4-14(12-23)10-17(20)24/h5-8,13-14H,3-4,9-12H2,1-2H3,(H2,20,24)(H,21,22). The number of amides is 1. The lowest BCUT2D eigenvalue weighted by Gasteiger charge is -2.35. The number of benzene rings is 1. The highest BCUT2D eigenvalue weighted by Gasteiger charge is 2.23. The van der Waals surface area contributed by atoms with E-state index in [0.29, 0.717) is 18.7 Å². The minimum absolute atomic E-state index is 0.103. The zero-order valence-electron chi connectivity index (χ0n) is 14.9. The lowest BCUT2D eigenvalue weighted by molar-refractivity contribution is -0.119. The average Bonchev–Trinajstić information content (AvgIpc) is 2.57. The van der Waals surface area contributed by atoms with Gasteiger partial charge in [-0.2, -0.15) is 0 Å². The fraction of sp³-hybridized carbons (Fsp3) is 0.556. The smallest absolute Gasteiger partial charge is 0.217 e. The van der Waals surface area contributed by atoms with E-state index in [1.54, 1.807) is 19.2 Å². The molecule has 1 aromatic carbocycles. The fourth-order valence-electron chi connectivity index (χ4n) is 3.06. The van der Waals surface area contributed by atoms with Crippen LogP contribution in [0.15, 0.2) is 29.3 Å². The Morgan fingerprint density at radius 2 is 2.20 bits per heavy atom. The highest BCUT2D eigenvalue weighted by atomic mass is 19.1. The molecule has 0 saturated carbocycles. The molecule has 138 valence electrons. The lowest BCUT2D eigenvalue weighted by Crippen LogP contribution is -2.49. The third-order valence-corrected chi connectivity index (χ3v) is 4.22. The summed E-state index contributed by atoms with van der Waals surface area (Å²) in [5.74, 6) is 1.16. The quantitative estimate of drug-likeness (QED) is 0.605. The number of carbonyl (C=O) groups is 1. The van der Waals surface area contributed by atoms with Crippen LogP contribution in [0.4, 0.5) is 4.39 Å². The van der Waals surface area contributed by atoms with E-state index >= 15 is 0 Å². The topological polar surface area (TPSA) is 80.0 Å². The first-order valence-corrected chi connectivity index (χ1v) is 8.64. The molecule has 2 atom stereocenters. The van der Waals surface area contributed by atoms with Crippen molar-refractivity contribution < 1.29 is 13.9 Å². The van der Waals surface area contributed by atoms with Gasteiger partial charge in [0.2, 0.25) is 5.91 Å². The van der Waals surface area contributed by atoms with Gasteiger partial charge in [0.25, 0.3) is 0 Å². The normalized spacial score (nSPS) is 19.4. The molecule has 1 aliphatic rings. The van der Waals surface area contributed by atoms with Gasteiger partial charge in [-0.25, -0.2) is 4.39 Å². The molecule has 1 amide bonds. The number of carbonyl (C=O) groups excluding carboxylic acids is 1. The van der Waals surface area contributed by atoms with Gasteiger partial charge in [0.15, 0.2) is 5.96 Å². The number of rotatable bonds is 6. The van der Waals surface area contributed by atoms with Gasteiger partial charge >= 0.3 is 0 Å². The Kier molecular flexibility index (Phi) is 7.03. The number of likely N-dealkylation sites (tertiary alicyclic amines) is 1. The van der Waals surface area contributed by atoms with E-state index in [0.717, 1.165) is 31.9 Å². The van der Waals surface area contributed by atoms with Crippen molar-refractivity contribution in [1.82, 2.24) is 10.2 Å². The van der Waals surface area contributed by atoms with Crippen molar-refractivity contribution in [2.75, 3.05) is 26.7 Å². The van der Waals surface area contributed by atoms with E-state index in [-0.39, 0.29) is 23.7 Å². The van der Waals surface area contributed by atoms with E-state index in [1.807, 2.05) is 6.92 Å². The van der Waals surface area contributed by atoms with Crippen LogP contribution in [0, 0.1) is 11.7 Å². The molecule has 0 radical (unpaired) electrons. The third kappa shape index (κ3) is 6.25. The van der Waals surface area contributed by atoms with Crippen molar-refractivity contribution in [2.45, 2.75) is 32.3 Å². The molecule has 0 aliphatic carbocycles. The van der Waals surface area contributed by atoms with E-state index in [4.69, 9.17) is 10.5 Å². The molecule has 25 heavy (non-hydrogen) atoms. The fourth-order valence-corrected chi connectivity index (χ4v) is 3.06. The molecule has 0 spiro atoms. The first-order chi connectivity index (χ1) is 12.0. The predicted octanol–water partition coefficient (Wildman–Crippen LogP) is 1.76. The van der Waals surface area contributed by atoms with Crippen LogP contribution in [0.3, 0.4) is 0 Å². The third-order valence-electron chi connectivity index (χ3n) is 4.22. The van der Waals surface area contributed by atoms with Crippen molar-refractivity contribution in [3.63, 3.8) is 0 Å². The number of nitrogens with two attached hydrogens (primary N) is 1. The number of nitrogens with one attached hydrogen (secondary N) is 1. The van der Waals surface area contributed by atoms with Crippen LogP contribution in [-0.2, 0) is 4.79 Å². The molecule has 1 aromatic rings. The Hall–Kier alpha value is -2.31. The number of hydrogen-bond donors (Lipinski definition) is 2. The number of guanidine groups is 1. The summed E-state index contributed by atoms with van der Waals surface area (Å²) < 4.78 is 18.7. The first kappa shape index (κ1) is 19.0. The highest BCUT2D eigenvalue weighted by molar-refractivity contribution is 5.80. The highest BCUT2D eigenvalue weighted by Crippen LogP contribution is 2.19. The first-order valence-electron chi connectivity index (χ1n) is 8.64. The molecule has 6 nitrogen and oxygen atoms in total. The second-order valence-electron chi connectivity index (χ2n) is 6.44. The Bertz CT molecular complexity index is 591. The molecule has 2 rings (SSSR count). The Morgan fingerprint density at radius 3 is 2.84 bits per heavy atom. The molecule has 1 fully saturated rings. The van der Waals surface area contributed by atoms with Crippen LogP contribution in [-0.4, -0.2) is 49.6 Å². The van der Waals surface area contributed by atoms with Crippen molar-refractivity contribution in [3.8, 4) is 5.75 Å². The number of hydrogen-bond acceptors (Lipinski definition) is 3. The maximum absolute atomic E-state index is 12.9. The zero-order valence-corrected chi connectivity index (χ0v) is 14.9. The Balaban J connectivity index is 1.82. The number of primary amides is 1. The van der Waals surface area contributed by atoms with Crippen LogP contribution in [0.5, 0.6) is 5.75 Å². The summed E-state index contributed by atoms with van der Waals surface area (Å²) in [5, 5.41) is 3.31. The SMILES string of the molecule is CN=C(NCC(C)Oc1ccc(F)cc1)N1CCCC(CC(N)=O)C1. The van der Waals surface area contributed by atoms with Crippen LogP contribution >= 0.6 is 0 Å². The second-order valence-corrected chi connectivity index (χ2v) is 6.44. The summed E-state index contributed by atoms with van der Waals surface area (Å²) in [7, 11) is 1.74. The van der Waals surface area contributed by atoms with Crippen molar-refractivity contribution in [3.05, 3.63) is 30.1 Å². The van der Waals surface area contributed by atoms with Gasteiger partial charge in [-0.3, -0.25) is 9.79 Å². The monoisotopic (exact) mass is 350 g/mol. The average molecular weight is 350 g/mol. The zero-order chi connectivity index (χ0) is 18.2. The number of nitrogens with zero attached hydrogens (tertiary/aromatic N) is 2. The van der Waals surface area contributed by atoms with Gasteiger partial charge in [-0.05, 0) is 49.9 Å². The minimum Gasteiger partial charge on any atom is -0.489 e. The van der Waals surface area contributed by atoms with Crippen LogP contribution in [0.25, 0.3) is 0 Å². The van der Waals surface area contributed by atoms with E-state index in [2.05, 4.69) is 15.2 Å². The van der Waals surface area contributed by atoms with E-state index in [9.17, 15) is 9.18 Å². The van der Waals surface area contributed by atoms with Crippen LogP contribution in [0.1, 0.15) is 26.2 Å². The van der Waals surface area contributed by atoms with Gasteiger partial charge in [0.05, 0.1) is 6.54 Å². The van der Waals surface area contributed by atoms with Gasteiger partial charge in [-0.15, -0.1) is 0 Å². The molecule has 0 bridgehead atoms. The molecule has 1 saturated heterocycles. The minimum atomic E-state index is -0.283. The number of halogens is 1. The molecular weight excluding hydrogens is 323 g/mol. The number of ether oxygens (including phenoxy) is 1. The largest absolute Gasteiger partial charge is 0.489 e. The molecule has 7 heteroatoms. The summed E-state index contributed by atoms with van der Waals surface area (Å²) in [5.41, 5.74) is 5.32.